The topological polar surface area (TPSA) is 89.9 Å². The molecule has 23 heavy (non-hydrogen) atoms. The first-order chi connectivity index (χ1) is 10.7. The number of rotatable bonds is 3. The molecule has 0 saturated carbocycles. The van der Waals surface area contributed by atoms with Crippen molar-refractivity contribution in [1.82, 2.24) is 10.2 Å². The van der Waals surface area contributed by atoms with Crippen LogP contribution in [0.15, 0.2) is 24.3 Å². The van der Waals surface area contributed by atoms with Gasteiger partial charge < -0.3 is 20.4 Å². The number of aliphatic hydroxyl groups excluding tert-OH is 2. The Kier molecular flexibility index (Phi) is 5.06. The van der Waals surface area contributed by atoms with E-state index in [0.29, 0.717) is 5.56 Å². The van der Waals surface area contributed by atoms with E-state index in [1.165, 1.54) is 4.90 Å². The summed E-state index contributed by atoms with van der Waals surface area (Å²) in [5.74, 6) is -0.639. The highest BCUT2D eigenvalue weighted by molar-refractivity contribution is 5.96. The maximum atomic E-state index is 12.1. The SMILES string of the molecule is CC(C)(C)c1ccc(C(=O)NCC(=O)N2CC(O)C(O)C2)cc1. The van der Waals surface area contributed by atoms with Crippen LogP contribution in [-0.2, 0) is 10.2 Å². The number of carbonyl (C=O) groups excluding carboxylic acids is 2. The number of hydrogen-bond acceptors (Lipinski definition) is 4. The third kappa shape index (κ3) is 4.30. The van der Waals surface area contributed by atoms with Gasteiger partial charge in [-0.25, -0.2) is 0 Å². The number of benzene rings is 1. The van der Waals surface area contributed by atoms with E-state index in [-0.39, 0.29) is 36.9 Å². The van der Waals surface area contributed by atoms with E-state index >= 15 is 0 Å². The minimum atomic E-state index is -0.917. The molecule has 0 bridgehead atoms. The largest absolute Gasteiger partial charge is 0.388 e. The van der Waals surface area contributed by atoms with Crippen molar-refractivity contribution in [3.05, 3.63) is 35.4 Å². The molecule has 1 heterocycles. The first kappa shape index (κ1) is 17.4. The standard InChI is InChI=1S/C17H24N2O4/c1-17(2,3)12-6-4-11(5-7-12)16(23)18-8-15(22)19-9-13(20)14(21)10-19/h4-7,13-14,20-21H,8-10H2,1-3H3,(H,18,23). The van der Waals surface area contributed by atoms with Gasteiger partial charge in [-0.1, -0.05) is 32.9 Å². The van der Waals surface area contributed by atoms with Crippen LogP contribution >= 0.6 is 0 Å². The van der Waals surface area contributed by atoms with Gasteiger partial charge in [0.15, 0.2) is 0 Å². The molecule has 6 nitrogen and oxygen atoms in total. The number of hydrogen-bond donors (Lipinski definition) is 3. The van der Waals surface area contributed by atoms with Gasteiger partial charge in [0, 0.05) is 18.7 Å². The van der Waals surface area contributed by atoms with Crippen molar-refractivity contribution < 1.29 is 19.8 Å². The molecule has 2 amide bonds. The third-order valence-corrected chi connectivity index (χ3v) is 4.03. The molecular formula is C17H24N2O4. The van der Waals surface area contributed by atoms with E-state index in [4.69, 9.17) is 0 Å². The predicted octanol–water partition coefficient (Wildman–Crippen LogP) is 0.278. The van der Waals surface area contributed by atoms with Gasteiger partial charge >= 0.3 is 0 Å². The molecule has 0 aromatic heterocycles. The average Bonchev–Trinajstić information content (AvgIpc) is 2.83. The van der Waals surface area contributed by atoms with Gasteiger partial charge in [-0.3, -0.25) is 9.59 Å². The van der Waals surface area contributed by atoms with Crippen LogP contribution in [0, 0.1) is 0 Å². The Morgan fingerprint density at radius 3 is 2.13 bits per heavy atom. The Morgan fingerprint density at radius 1 is 1.13 bits per heavy atom. The molecule has 1 aliphatic rings. The molecule has 1 aromatic carbocycles. The Balaban J connectivity index is 1.89. The summed E-state index contributed by atoms with van der Waals surface area (Å²) in [7, 11) is 0. The maximum Gasteiger partial charge on any atom is 0.251 e. The second kappa shape index (κ2) is 6.68. The van der Waals surface area contributed by atoms with Crippen LogP contribution in [0.5, 0.6) is 0 Å². The highest BCUT2D eigenvalue weighted by atomic mass is 16.3. The van der Waals surface area contributed by atoms with E-state index in [1.54, 1.807) is 12.1 Å². The van der Waals surface area contributed by atoms with E-state index in [2.05, 4.69) is 26.1 Å². The summed E-state index contributed by atoms with van der Waals surface area (Å²) in [5, 5.41) is 21.4. The van der Waals surface area contributed by atoms with Crippen molar-refractivity contribution >= 4 is 11.8 Å². The normalized spacial score (nSPS) is 21.3. The van der Waals surface area contributed by atoms with Gasteiger partial charge in [-0.05, 0) is 23.1 Å². The van der Waals surface area contributed by atoms with E-state index < -0.39 is 12.2 Å². The molecule has 126 valence electrons. The third-order valence-electron chi connectivity index (χ3n) is 4.03. The van der Waals surface area contributed by atoms with Crippen LogP contribution in [0.2, 0.25) is 0 Å². The van der Waals surface area contributed by atoms with Crippen molar-refractivity contribution in [2.75, 3.05) is 19.6 Å². The van der Waals surface area contributed by atoms with E-state index in [9.17, 15) is 19.8 Å². The molecule has 0 radical (unpaired) electrons. The van der Waals surface area contributed by atoms with Crippen LogP contribution in [0.3, 0.4) is 0 Å². The summed E-state index contributed by atoms with van der Waals surface area (Å²) in [6.45, 7) is 6.32. The highest BCUT2D eigenvalue weighted by Gasteiger charge is 2.32. The Bertz CT molecular complexity index is 567. The summed E-state index contributed by atoms with van der Waals surface area (Å²) in [5.41, 5.74) is 1.64. The number of likely N-dealkylation sites (tertiary alicyclic amines) is 1. The fourth-order valence-electron chi connectivity index (χ4n) is 2.46. The summed E-state index contributed by atoms with van der Waals surface area (Å²) < 4.78 is 0. The number of β-amino-alcohol motifs (C(OH)–C–C–N with tert-alkyl or cyclic N) is 2. The number of nitrogens with zero attached hydrogens (tertiary/aromatic N) is 1. The minimum Gasteiger partial charge on any atom is -0.388 e. The lowest BCUT2D eigenvalue weighted by Gasteiger charge is -2.19. The molecule has 6 heteroatoms. The van der Waals surface area contributed by atoms with Crippen molar-refractivity contribution in [1.29, 1.82) is 0 Å². The van der Waals surface area contributed by atoms with Gasteiger partial charge in [0.1, 0.15) is 0 Å². The lowest BCUT2D eigenvalue weighted by molar-refractivity contribution is -0.129. The van der Waals surface area contributed by atoms with Crippen LogP contribution in [0.1, 0.15) is 36.7 Å². The van der Waals surface area contributed by atoms with Gasteiger partial charge in [-0.15, -0.1) is 0 Å². The number of nitrogens with one attached hydrogen (secondary N) is 1. The van der Waals surface area contributed by atoms with Crippen molar-refractivity contribution in [3.8, 4) is 0 Å². The summed E-state index contributed by atoms with van der Waals surface area (Å²) in [6.07, 6.45) is -1.83. The Morgan fingerprint density at radius 2 is 1.65 bits per heavy atom. The predicted molar refractivity (Wildman–Crippen MR) is 86.1 cm³/mol. The van der Waals surface area contributed by atoms with Crippen molar-refractivity contribution in [2.45, 2.75) is 38.4 Å². The van der Waals surface area contributed by atoms with Crippen molar-refractivity contribution in [2.24, 2.45) is 0 Å². The summed E-state index contributed by atoms with van der Waals surface area (Å²) in [6, 6.07) is 7.29. The molecule has 3 N–H and O–H groups in total. The molecule has 1 fully saturated rings. The lowest BCUT2D eigenvalue weighted by atomic mass is 9.87. The smallest absolute Gasteiger partial charge is 0.251 e. The number of amides is 2. The molecule has 2 atom stereocenters. The van der Waals surface area contributed by atoms with Crippen molar-refractivity contribution in [3.63, 3.8) is 0 Å². The molecule has 1 aliphatic heterocycles. The zero-order valence-corrected chi connectivity index (χ0v) is 13.7. The fraction of sp³-hybridized carbons (Fsp3) is 0.529. The van der Waals surface area contributed by atoms with Gasteiger partial charge in [0.2, 0.25) is 5.91 Å². The van der Waals surface area contributed by atoms with Gasteiger partial charge in [0.05, 0.1) is 18.8 Å². The Hall–Kier alpha value is -1.92. The monoisotopic (exact) mass is 320 g/mol. The first-order valence-electron chi connectivity index (χ1n) is 7.71. The second-order valence-electron chi connectivity index (χ2n) is 6.94. The average molecular weight is 320 g/mol. The first-order valence-corrected chi connectivity index (χ1v) is 7.71. The van der Waals surface area contributed by atoms with E-state index in [0.717, 1.165) is 5.56 Å². The maximum absolute atomic E-state index is 12.1. The molecule has 2 rings (SSSR count). The molecule has 0 spiro atoms. The lowest BCUT2D eigenvalue weighted by Crippen LogP contribution is -2.39. The zero-order chi connectivity index (χ0) is 17.2. The summed E-state index contributed by atoms with van der Waals surface area (Å²) in [4.78, 5) is 25.4. The van der Waals surface area contributed by atoms with Crippen LogP contribution in [0.4, 0.5) is 0 Å². The van der Waals surface area contributed by atoms with Crippen LogP contribution in [0.25, 0.3) is 0 Å². The molecule has 1 aromatic rings. The quantitative estimate of drug-likeness (QED) is 0.746. The fourth-order valence-corrected chi connectivity index (χ4v) is 2.46. The Labute approximate surface area is 136 Å². The minimum absolute atomic E-state index is 0.0163. The van der Waals surface area contributed by atoms with Crippen LogP contribution in [-0.4, -0.2) is 58.8 Å². The van der Waals surface area contributed by atoms with E-state index in [1.807, 2.05) is 12.1 Å². The van der Waals surface area contributed by atoms with Gasteiger partial charge in [-0.2, -0.15) is 0 Å². The number of aliphatic hydroxyl groups is 2. The summed E-state index contributed by atoms with van der Waals surface area (Å²) >= 11 is 0. The molecule has 1 saturated heterocycles. The molecule has 0 aliphatic carbocycles. The highest BCUT2D eigenvalue weighted by Crippen LogP contribution is 2.22. The van der Waals surface area contributed by atoms with Gasteiger partial charge in [0.25, 0.3) is 5.91 Å². The molecule has 2 unspecified atom stereocenters. The zero-order valence-electron chi connectivity index (χ0n) is 13.7. The van der Waals surface area contributed by atoms with Crippen LogP contribution < -0.4 is 5.32 Å². The second-order valence-corrected chi connectivity index (χ2v) is 6.94. The number of carbonyl (C=O) groups is 2. The molecular weight excluding hydrogens is 296 g/mol.